The van der Waals surface area contributed by atoms with Crippen LogP contribution in [0.4, 0.5) is 11.4 Å². The first-order valence-corrected chi connectivity index (χ1v) is 6.22. The quantitative estimate of drug-likeness (QED) is 0.783. The highest BCUT2D eigenvalue weighted by atomic mass is 16.2. The van der Waals surface area contributed by atoms with Gasteiger partial charge in [-0.1, -0.05) is 19.9 Å². The minimum absolute atomic E-state index is 0.0574. The van der Waals surface area contributed by atoms with Crippen LogP contribution in [0.3, 0.4) is 0 Å². The maximum Gasteiger partial charge on any atom is 0.239 e. The van der Waals surface area contributed by atoms with Crippen LogP contribution in [0.1, 0.15) is 19.4 Å². The van der Waals surface area contributed by atoms with Gasteiger partial charge in [-0.25, -0.2) is 0 Å². The molecule has 0 aliphatic carbocycles. The van der Waals surface area contributed by atoms with Crippen molar-refractivity contribution in [2.75, 3.05) is 30.8 Å². The summed E-state index contributed by atoms with van der Waals surface area (Å²) in [6.45, 7) is 4.95. The normalized spacial score (nSPS) is 10.1. The molecule has 1 amide bonds. The SMILES string of the molecule is CC(C)CNC(=O)CN(C)c1cccc(C#N)c1N. The lowest BCUT2D eigenvalue weighted by Crippen LogP contribution is -2.37. The summed E-state index contributed by atoms with van der Waals surface area (Å²) in [5.74, 6) is 0.360. The van der Waals surface area contributed by atoms with Crippen LogP contribution in [0.2, 0.25) is 0 Å². The van der Waals surface area contributed by atoms with Crippen LogP contribution in [0, 0.1) is 17.2 Å². The Bertz CT molecular complexity index is 491. The maximum absolute atomic E-state index is 11.7. The fourth-order valence-corrected chi connectivity index (χ4v) is 1.66. The van der Waals surface area contributed by atoms with Gasteiger partial charge < -0.3 is 16.0 Å². The number of nitrogens with zero attached hydrogens (tertiary/aromatic N) is 2. The first-order chi connectivity index (χ1) is 8.95. The number of nitrogen functional groups attached to an aromatic ring is 1. The molecule has 3 N–H and O–H groups in total. The summed E-state index contributed by atoms with van der Waals surface area (Å²) in [5.41, 5.74) is 7.42. The number of benzene rings is 1. The molecule has 0 unspecified atom stereocenters. The average Bonchev–Trinajstić information content (AvgIpc) is 2.36. The van der Waals surface area contributed by atoms with Crippen molar-refractivity contribution in [2.45, 2.75) is 13.8 Å². The van der Waals surface area contributed by atoms with Gasteiger partial charge >= 0.3 is 0 Å². The predicted octanol–water partition coefficient (Wildman–Crippen LogP) is 1.35. The first-order valence-electron chi connectivity index (χ1n) is 6.22. The Kier molecular flexibility index (Phi) is 5.19. The lowest BCUT2D eigenvalue weighted by atomic mass is 10.1. The standard InChI is InChI=1S/C14H20N4O/c1-10(2)8-17-13(19)9-18(3)12-6-4-5-11(7-15)14(12)16/h4-6,10H,8-9,16H2,1-3H3,(H,17,19). The van der Waals surface area contributed by atoms with Crippen molar-refractivity contribution >= 4 is 17.3 Å². The van der Waals surface area contributed by atoms with Gasteiger partial charge in [0.05, 0.1) is 23.5 Å². The number of nitrogens with two attached hydrogens (primary N) is 1. The van der Waals surface area contributed by atoms with Crippen molar-refractivity contribution in [1.82, 2.24) is 5.32 Å². The van der Waals surface area contributed by atoms with Crippen LogP contribution in [0.5, 0.6) is 0 Å². The molecule has 0 aromatic heterocycles. The lowest BCUT2D eigenvalue weighted by molar-refractivity contribution is -0.119. The third-order valence-electron chi connectivity index (χ3n) is 2.70. The molecule has 0 fully saturated rings. The largest absolute Gasteiger partial charge is 0.396 e. The summed E-state index contributed by atoms with van der Waals surface area (Å²) in [4.78, 5) is 13.5. The number of carbonyl (C=O) groups is 1. The zero-order valence-electron chi connectivity index (χ0n) is 11.6. The van der Waals surface area contributed by atoms with E-state index in [4.69, 9.17) is 11.0 Å². The average molecular weight is 260 g/mol. The molecule has 19 heavy (non-hydrogen) atoms. The van der Waals surface area contributed by atoms with Gasteiger partial charge in [-0.05, 0) is 18.1 Å². The molecule has 0 aliphatic rings. The summed E-state index contributed by atoms with van der Waals surface area (Å²) in [7, 11) is 1.78. The Hall–Kier alpha value is -2.22. The molecule has 0 saturated heterocycles. The number of hydrogen-bond acceptors (Lipinski definition) is 4. The molecule has 5 nitrogen and oxygen atoms in total. The lowest BCUT2D eigenvalue weighted by Gasteiger charge is -2.21. The van der Waals surface area contributed by atoms with Crippen LogP contribution in [0.25, 0.3) is 0 Å². The Morgan fingerprint density at radius 2 is 2.21 bits per heavy atom. The number of nitriles is 1. The van der Waals surface area contributed by atoms with Crippen LogP contribution in [0.15, 0.2) is 18.2 Å². The summed E-state index contributed by atoms with van der Waals surface area (Å²) in [5, 5.41) is 11.8. The number of likely N-dealkylation sites (N-methyl/N-ethyl adjacent to an activating group) is 1. The molecule has 0 radical (unpaired) electrons. The predicted molar refractivity (Wildman–Crippen MR) is 76.7 cm³/mol. The molecule has 0 spiro atoms. The molecule has 5 heteroatoms. The highest BCUT2D eigenvalue weighted by molar-refractivity contribution is 5.83. The van der Waals surface area contributed by atoms with Crippen molar-refractivity contribution in [3.8, 4) is 6.07 Å². The van der Waals surface area contributed by atoms with Crippen molar-refractivity contribution in [2.24, 2.45) is 5.92 Å². The fourth-order valence-electron chi connectivity index (χ4n) is 1.66. The van der Waals surface area contributed by atoms with Crippen LogP contribution in [-0.2, 0) is 4.79 Å². The number of amides is 1. The number of rotatable bonds is 5. The third kappa shape index (κ3) is 4.18. The molecule has 1 rings (SSSR count). The molecule has 0 heterocycles. The van der Waals surface area contributed by atoms with Crippen molar-refractivity contribution < 1.29 is 4.79 Å². The molecule has 1 aromatic rings. The minimum Gasteiger partial charge on any atom is -0.396 e. The molecule has 0 bridgehead atoms. The zero-order chi connectivity index (χ0) is 14.4. The van der Waals surface area contributed by atoms with Gasteiger partial charge in [-0.15, -0.1) is 0 Å². The Morgan fingerprint density at radius 1 is 1.53 bits per heavy atom. The topological polar surface area (TPSA) is 82.2 Å². The van der Waals surface area contributed by atoms with E-state index < -0.39 is 0 Å². The number of anilines is 2. The minimum atomic E-state index is -0.0574. The summed E-state index contributed by atoms with van der Waals surface area (Å²) >= 11 is 0. The second-order valence-electron chi connectivity index (χ2n) is 4.90. The Balaban J connectivity index is 2.71. The number of hydrogen-bond donors (Lipinski definition) is 2. The van der Waals surface area contributed by atoms with E-state index in [0.717, 1.165) is 0 Å². The maximum atomic E-state index is 11.7. The van der Waals surface area contributed by atoms with E-state index in [-0.39, 0.29) is 12.5 Å². The molecule has 0 aliphatic heterocycles. The van der Waals surface area contributed by atoms with Crippen LogP contribution < -0.4 is 16.0 Å². The second-order valence-corrected chi connectivity index (χ2v) is 4.90. The van der Waals surface area contributed by atoms with Gasteiger partial charge in [-0.3, -0.25) is 4.79 Å². The van der Waals surface area contributed by atoms with E-state index in [9.17, 15) is 4.79 Å². The molecule has 0 saturated carbocycles. The molecule has 0 atom stereocenters. The summed E-state index contributed by atoms with van der Waals surface area (Å²) < 4.78 is 0. The van der Waals surface area contributed by atoms with Crippen molar-refractivity contribution in [3.05, 3.63) is 23.8 Å². The number of carbonyl (C=O) groups excluding carboxylic acids is 1. The third-order valence-corrected chi connectivity index (χ3v) is 2.70. The Labute approximate surface area is 114 Å². The van der Waals surface area contributed by atoms with E-state index >= 15 is 0 Å². The van der Waals surface area contributed by atoms with E-state index in [1.54, 1.807) is 30.1 Å². The van der Waals surface area contributed by atoms with E-state index in [1.807, 2.05) is 19.9 Å². The van der Waals surface area contributed by atoms with E-state index in [2.05, 4.69) is 5.32 Å². The number of para-hydroxylation sites is 1. The van der Waals surface area contributed by atoms with Gasteiger partial charge in [0, 0.05) is 13.6 Å². The van der Waals surface area contributed by atoms with E-state index in [1.165, 1.54) is 0 Å². The monoisotopic (exact) mass is 260 g/mol. The molecule has 1 aromatic carbocycles. The smallest absolute Gasteiger partial charge is 0.239 e. The van der Waals surface area contributed by atoms with Crippen molar-refractivity contribution in [3.63, 3.8) is 0 Å². The fraction of sp³-hybridized carbons (Fsp3) is 0.429. The van der Waals surface area contributed by atoms with Crippen LogP contribution >= 0.6 is 0 Å². The van der Waals surface area contributed by atoms with Gasteiger partial charge in [0.15, 0.2) is 0 Å². The van der Waals surface area contributed by atoms with Gasteiger partial charge in [0.2, 0.25) is 5.91 Å². The van der Waals surface area contributed by atoms with Gasteiger partial charge in [-0.2, -0.15) is 5.26 Å². The van der Waals surface area contributed by atoms with Gasteiger partial charge in [0.1, 0.15) is 6.07 Å². The highest BCUT2D eigenvalue weighted by Crippen LogP contribution is 2.24. The van der Waals surface area contributed by atoms with E-state index in [0.29, 0.717) is 29.4 Å². The zero-order valence-corrected chi connectivity index (χ0v) is 11.6. The summed E-state index contributed by atoms with van der Waals surface area (Å²) in [6, 6.07) is 7.24. The Morgan fingerprint density at radius 3 is 2.79 bits per heavy atom. The van der Waals surface area contributed by atoms with Crippen molar-refractivity contribution in [1.29, 1.82) is 5.26 Å². The molecule has 102 valence electrons. The molecular weight excluding hydrogens is 240 g/mol. The molecular formula is C14H20N4O. The first kappa shape index (κ1) is 14.8. The van der Waals surface area contributed by atoms with Gasteiger partial charge in [0.25, 0.3) is 0 Å². The van der Waals surface area contributed by atoms with Crippen LogP contribution in [-0.4, -0.2) is 26.0 Å². The second kappa shape index (κ2) is 6.64. The highest BCUT2D eigenvalue weighted by Gasteiger charge is 2.12. The number of nitrogens with one attached hydrogen (secondary N) is 1. The summed E-state index contributed by atoms with van der Waals surface area (Å²) in [6.07, 6.45) is 0.